The van der Waals surface area contributed by atoms with Gasteiger partial charge in [-0.25, -0.2) is 0 Å². The first-order valence-corrected chi connectivity index (χ1v) is 11.1. The summed E-state index contributed by atoms with van der Waals surface area (Å²) in [7, 11) is 0. The van der Waals surface area contributed by atoms with Crippen LogP contribution in [0.5, 0.6) is 0 Å². The highest BCUT2D eigenvalue weighted by molar-refractivity contribution is 5.83. The van der Waals surface area contributed by atoms with E-state index in [4.69, 9.17) is 0 Å². The number of allylic oxidation sites excluding steroid dienone is 4. The van der Waals surface area contributed by atoms with Gasteiger partial charge in [0.1, 0.15) is 0 Å². The Kier molecular flexibility index (Phi) is 10.1. The Hall–Kier alpha value is -1.80. The first kappa shape index (κ1) is 22.5. The quantitative estimate of drug-likeness (QED) is 0.287. The van der Waals surface area contributed by atoms with Crippen LogP contribution in [0.4, 0.5) is 0 Å². The third-order valence-corrected chi connectivity index (χ3v) is 5.35. The molecule has 2 atom stereocenters. The molecule has 0 saturated carbocycles. The molecule has 2 heteroatoms. The minimum absolute atomic E-state index is 0.697. The van der Waals surface area contributed by atoms with Crippen LogP contribution in [0.25, 0.3) is 10.9 Å². The highest BCUT2D eigenvalue weighted by Gasteiger charge is 2.03. The monoisotopic (exact) mass is 380 g/mol. The van der Waals surface area contributed by atoms with Crippen molar-refractivity contribution >= 4 is 10.9 Å². The number of benzene rings is 1. The second-order valence-corrected chi connectivity index (χ2v) is 8.73. The predicted molar refractivity (Wildman–Crippen MR) is 125 cm³/mol. The Labute approximate surface area is 172 Å². The normalized spacial score (nSPS) is 14.6. The number of para-hydroxylation sites is 1. The van der Waals surface area contributed by atoms with Crippen LogP contribution in [-0.2, 0) is 6.42 Å². The van der Waals surface area contributed by atoms with Crippen LogP contribution in [0, 0.1) is 17.8 Å². The van der Waals surface area contributed by atoms with Crippen molar-refractivity contribution in [1.82, 2.24) is 10.3 Å². The zero-order valence-electron chi connectivity index (χ0n) is 18.4. The molecule has 0 radical (unpaired) electrons. The molecule has 0 aliphatic rings. The van der Waals surface area contributed by atoms with Crippen molar-refractivity contribution in [2.45, 2.75) is 59.8 Å². The molecule has 0 bridgehead atoms. The highest BCUT2D eigenvalue weighted by atomic mass is 14.8. The van der Waals surface area contributed by atoms with E-state index in [1.165, 1.54) is 35.7 Å². The van der Waals surface area contributed by atoms with Crippen molar-refractivity contribution in [1.29, 1.82) is 0 Å². The number of nitrogens with one attached hydrogen (secondary N) is 2. The molecule has 28 heavy (non-hydrogen) atoms. The van der Waals surface area contributed by atoms with Gasteiger partial charge in [-0.2, -0.15) is 0 Å². The number of hydrogen-bond donors (Lipinski definition) is 2. The van der Waals surface area contributed by atoms with Crippen LogP contribution in [0.2, 0.25) is 0 Å². The van der Waals surface area contributed by atoms with Crippen molar-refractivity contribution in [3.63, 3.8) is 0 Å². The molecule has 0 aliphatic heterocycles. The van der Waals surface area contributed by atoms with Crippen LogP contribution in [0.15, 0.2) is 54.8 Å². The van der Waals surface area contributed by atoms with Crippen molar-refractivity contribution in [3.05, 3.63) is 60.3 Å². The summed E-state index contributed by atoms with van der Waals surface area (Å²) in [6, 6.07) is 8.55. The van der Waals surface area contributed by atoms with E-state index in [-0.39, 0.29) is 0 Å². The Morgan fingerprint density at radius 3 is 2.64 bits per heavy atom. The standard InChI is InChI=1S/C26H40N2/c1-21(2)19-23(4)12-8-6-5-7-11-22(3)15-17-27-18-16-24-20-28-26-14-10-9-13-25(24)26/h5,7-10,12-14,20-23,27-28H,6,11,15-19H2,1-4H3. The van der Waals surface area contributed by atoms with Gasteiger partial charge in [0.15, 0.2) is 0 Å². The summed E-state index contributed by atoms with van der Waals surface area (Å²) in [6.45, 7) is 11.4. The maximum atomic E-state index is 3.61. The van der Waals surface area contributed by atoms with Crippen molar-refractivity contribution < 1.29 is 0 Å². The molecule has 2 N–H and O–H groups in total. The molecule has 0 aliphatic carbocycles. The van der Waals surface area contributed by atoms with Crippen molar-refractivity contribution in [2.75, 3.05) is 13.1 Å². The molecule has 1 aromatic heterocycles. The minimum Gasteiger partial charge on any atom is -0.361 e. The number of fused-ring (bicyclic) bond motifs is 1. The lowest BCUT2D eigenvalue weighted by Crippen LogP contribution is -2.20. The second-order valence-electron chi connectivity index (χ2n) is 8.73. The summed E-state index contributed by atoms with van der Waals surface area (Å²) in [5.74, 6) is 2.22. The van der Waals surface area contributed by atoms with Gasteiger partial charge in [-0.3, -0.25) is 0 Å². The summed E-state index contributed by atoms with van der Waals surface area (Å²) in [6.07, 6.45) is 17.4. The van der Waals surface area contributed by atoms with Gasteiger partial charge < -0.3 is 10.3 Å². The Bertz CT molecular complexity index is 723. The number of hydrogen-bond acceptors (Lipinski definition) is 1. The molecule has 0 fully saturated rings. The Balaban J connectivity index is 1.53. The maximum Gasteiger partial charge on any atom is 0.0456 e. The highest BCUT2D eigenvalue weighted by Crippen LogP contribution is 2.17. The second kappa shape index (κ2) is 12.6. The molecule has 2 rings (SSSR count). The van der Waals surface area contributed by atoms with Gasteiger partial charge in [-0.15, -0.1) is 0 Å². The molecule has 1 aromatic carbocycles. The summed E-state index contributed by atoms with van der Waals surface area (Å²) in [5, 5.41) is 4.97. The van der Waals surface area contributed by atoms with Crippen molar-refractivity contribution in [3.8, 4) is 0 Å². The molecule has 1 heterocycles. The van der Waals surface area contributed by atoms with Gasteiger partial charge >= 0.3 is 0 Å². The fourth-order valence-electron chi connectivity index (χ4n) is 3.79. The summed E-state index contributed by atoms with van der Waals surface area (Å²) in [5.41, 5.74) is 2.65. The maximum absolute atomic E-state index is 3.61. The van der Waals surface area contributed by atoms with Gasteiger partial charge in [0.2, 0.25) is 0 Å². The zero-order chi connectivity index (χ0) is 20.2. The Morgan fingerprint density at radius 1 is 1.00 bits per heavy atom. The van der Waals surface area contributed by atoms with E-state index in [0.29, 0.717) is 5.92 Å². The molecule has 0 amide bonds. The van der Waals surface area contributed by atoms with E-state index >= 15 is 0 Å². The Morgan fingerprint density at radius 2 is 1.82 bits per heavy atom. The number of rotatable bonds is 13. The SMILES string of the molecule is CC(C)CC(C)C=CCC=CCC(C)CCNCCc1c[nH]c2ccccc12. The predicted octanol–water partition coefficient (Wildman–Crippen LogP) is 6.90. The average molecular weight is 381 g/mol. The number of aromatic nitrogens is 1. The van der Waals surface area contributed by atoms with E-state index in [9.17, 15) is 0 Å². The largest absolute Gasteiger partial charge is 0.361 e. The topological polar surface area (TPSA) is 27.8 Å². The van der Waals surface area contributed by atoms with Gasteiger partial charge in [0.25, 0.3) is 0 Å². The zero-order valence-corrected chi connectivity index (χ0v) is 18.4. The van der Waals surface area contributed by atoms with Crippen LogP contribution in [0.3, 0.4) is 0 Å². The van der Waals surface area contributed by atoms with Gasteiger partial charge in [0, 0.05) is 17.1 Å². The van der Waals surface area contributed by atoms with E-state index in [0.717, 1.165) is 37.8 Å². The summed E-state index contributed by atoms with van der Waals surface area (Å²) < 4.78 is 0. The molecular weight excluding hydrogens is 340 g/mol. The molecular formula is C26H40N2. The molecule has 2 unspecified atom stereocenters. The van der Waals surface area contributed by atoms with Crippen LogP contribution < -0.4 is 5.32 Å². The molecule has 2 aromatic rings. The van der Waals surface area contributed by atoms with E-state index in [1.807, 2.05) is 0 Å². The molecule has 0 saturated heterocycles. The van der Waals surface area contributed by atoms with Crippen molar-refractivity contribution in [2.24, 2.45) is 17.8 Å². The fourth-order valence-corrected chi connectivity index (χ4v) is 3.79. The third kappa shape index (κ3) is 8.48. The number of aromatic amines is 1. The van der Waals surface area contributed by atoms with Crippen LogP contribution >= 0.6 is 0 Å². The van der Waals surface area contributed by atoms with Crippen LogP contribution in [0.1, 0.15) is 58.9 Å². The first-order valence-electron chi connectivity index (χ1n) is 11.1. The van der Waals surface area contributed by atoms with E-state index in [1.54, 1.807) is 0 Å². The van der Waals surface area contributed by atoms with E-state index < -0.39 is 0 Å². The average Bonchev–Trinajstić information content (AvgIpc) is 3.07. The summed E-state index contributed by atoms with van der Waals surface area (Å²) >= 11 is 0. The van der Waals surface area contributed by atoms with Gasteiger partial charge in [0.05, 0.1) is 0 Å². The molecule has 0 spiro atoms. The smallest absolute Gasteiger partial charge is 0.0456 e. The van der Waals surface area contributed by atoms with E-state index in [2.05, 4.69) is 92.8 Å². The lowest BCUT2D eigenvalue weighted by atomic mass is 9.98. The fraction of sp³-hybridized carbons (Fsp3) is 0.538. The minimum atomic E-state index is 0.697. The van der Waals surface area contributed by atoms with Gasteiger partial charge in [-0.1, -0.05) is 70.2 Å². The first-order chi connectivity index (χ1) is 13.6. The lowest BCUT2D eigenvalue weighted by molar-refractivity contribution is 0.502. The van der Waals surface area contributed by atoms with Gasteiger partial charge in [-0.05, 0) is 74.6 Å². The third-order valence-electron chi connectivity index (χ3n) is 5.35. The summed E-state index contributed by atoms with van der Waals surface area (Å²) in [4.78, 5) is 3.36. The molecule has 2 nitrogen and oxygen atoms in total. The lowest BCUT2D eigenvalue weighted by Gasteiger charge is -2.10. The van der Waals surface area contributed by atoms with Crippen LogP contribution in [-0.4, -0.2) is 18.1 Å². The number of H-pyrrole nitrogens is 1. The molecule has 154 valence electrons.